The number of carbonyl (C=O) groups is 1. The number of unbranched alkanes of at least 4 members (excludes halogenated alkanes) is 1. The van der Waals surface area contributed by atoms with Crippen LogP contribution in [0.2, 0.25) is 0 Å². The van der Waals surface area contributed by atoms with Crippen molar-refractivity contribution in [2.75, 3.05) is 45.9 Å². The standard InChI is InChI=1S/C29H41N3O2/c1-2-3-17-30-23-27-8-7-20-32(27)29(33)26-11-9-24(10-12-26)25-13-15-28(16-14-25)34-22-21-31-18-5-4-6-19-31/h9-16,27,30H,2-8,17-23H2,1H3. The number of carbonyl (C=O) groups excluding carboxylic acids is 1. The summed E-state index contributed by atoms with van der Waals surface area (Å²) in [6, 6.07) is 16.7. The summed E-state index contributed by atoms with van der Waals surface area (Å²) >= 11 is 0. The molecule has 0 bridgehead atoms. The fourth-order valence-electron chi connectivity index (χ4n) is 5.08. The average Bonchev–Trinajstić information content (AvgIpc) is 3.36. The lowest BCUT2D eigenvalue weighted by Gasteiger charge is -2.26. The van der Waals surface area contributed by atoms with Gasteiger partial charge in [0.15, 0.2) is 0 Å². The molecule has 5 heteroatoms. The van der Waals surface area contributed by atoms with Gasteiger partial charge in [-0.1, -0.05) is 44.0 Å². The lowest BCUT2D eigenvalue weighted by atomic mass is 10.0. The molecule has 1 unspecified atom stereocenters. The summed E-state index contributed by atoms with van der Waals surface area (Å²) in [7, 11) is 0. The van der Waals surface area contributed by atoms with E-state index in [0.717, 1.165) is 68.1 Å². The van der Waals surface area contributed by atoms with Crippen molar-refractivity contribution in [1.29, 1.82) is 0 Å². The maximum Gasteiger partial charge on any atom is 0.254 e. The Labute approximate surface area is 205 Å². The fraction of sp³-hybridized carbons (Fsp3) is 0.552. The average molecular weight is 464 g/mol. The van der Waals surface area contributed by atoms with E-state index in [9.17, 15) is 4.79 Å². The minimum Gasteiger partial charge on any atom is -0.492 e. The molecule has 1 atom stereocenters. The van der Waals surface area contributed by atoms with Crippen molar-refractivity contribution in [1.82, 2.24) is 15.1 Å². The van der Waals surface area contributed by atoms with Gasteiger partial charge in [-0.2, -0.15) is 0 Å². The molecular formula is C29H41N3O2. The zero-order chi connectivity index (χ0) is 23.6. The zero-order valence-electron chi connectivity index (χ0n) is 20.8. The lowest BCUT2D eigenvalue weighted by Crippen LogP contribution is -2.41. The van der Waals surface area contributed by atoms with Gasteiger partial charge in [0.25, 0.3) is 5.91 Å². The molecule has 1 amide bonds. The first-order chi connectivity index (χ1) is 16.7. The van der Waals surface area contributed by atoms with Gasteiger partial charge in [0.1, 0.15) is 12.4 Å². The van der Waals surface area contributed by atoms with Crippen LogP contribution in [0, 0.1) is 0 Å². The SMILES string of the molecule is CCCCNCC1CCCN1C(=O)c1ccc(-c2ccc(OCCN3CCCCC3)cc2)cc1. The Morgan fingerprint density at radius 1 is 0.941 bits per heavy atom. The van der Waals surface area contributed by atoms with E-state index in [0.29, 0.717) is 6.04 Å². The number of amides is 1. The third kappa shape index (κ3) is 6.83. The molecule has 0 aromatic heterocycles. The first-order valence-electron chi connectivity index (χ1n) is 13.3. The minimum atomic E-state index is 0.156. The van der Waals surface area contributed by atoms with Crippen molar-refractivity contribution in [2.45, 2.75) is 57.9 Å². The Kier molecular flexibility index (Phi) is 9.40. The van der Waals surface area contributed by atoms with Crippen LogP contribution >= 0.6 is 0 Å². The number of ether oxygens (including phenoxy) is 1. The van der Waals surface area contributed by atoms with Gasteiger partial charge >= 0.3 is 0 Å². The normalized spacial score (nSPS) is 18.9. The van der Waals surface area contributed by atoms with Gasteiger partial charge < -0.3 is 15.0 Å². The molecule has 0 spiro atoms. The molecule has 1 N–H and O–H groups in total. The Balaban J connectivity index is 1.28. The smallest absolute Gasteiger partial charge is 0.254 e. The number of piperidine rings is 1. The summed E-state index contributed by atoms with van der Waals surface area (Å²) in [5, 5.41) is 3.52. The van der Waals surface area contributed by atoms with Gasteiger partial charge in [-0.05, 0) is 87.1 Å². The van der Waals surface area contributed by atoms with Crippen LogP contribution in [-0.2, 0) is 0 Å². The summed E-state index contributed by atoms with van der Waals surface area (Å²) in [4.78, 5) is 17.7. The maximum absolute atomic E-state index is 13.1. The van der Waals surface area contributed by atoms with E-state index in [1.807, 2.05) is 24.3 Å². The predicted molar refractivity (Wildman–Crippen MR) is 140 cm³/mol. The summed E-state index contributed by atoms with van der Waals surface area (Å²) in [5.74, 6) is 1.07. The van der Waals surface area contributed by atoms with Crippen molar-refractivity contribution < 1.29 is 9.53 Å². The van der Waals surface area contributed by atoms with Gasteiger partial charge in [-0.3, -0.25) is 9.69 Å². The molecule has 2 heterocycles. The fourth-order valence-corrected chi connectivity index (χ4v) is 5.08. The second-order valence-corrected chi connectivity index (χ2v) is 9.70. The topological polar surface area (TPSA) is 44.8 Å². The molecule has 4 rings (SSSR count). The molecule has 0 radical (unpaired) electrons. The second kappa shape index (κ2) is 12.9. The summed E-state index contributed by atoms with van der Waals surface area (Å²) < 4.78 is 5.96. The largest absolute Gasteiger partial charge is 0.492 e. The number of benzene rings is 2. The molecule has 184 valence electrons. The maximum atomic E-state index is 13.1. The van der Waals surface area contributed by atoms with Crippen LogP contribution in [0.15, 0.2) is 48.5 Å². The number of hydrogen-bond donors (Lipinski definition) is 1. The van der Waals surface area contributed by atoms with E-state index in [-0.39, 0.29) is 5.91 Å². The molecule has 2 aliphatic heterocycles. The highest BCUT2D eigenvalue weighted by Crippen LogP contribution is 2.25. The summed E-state index contributed by atoms with van der Waals surface area (Å²) in [6.07, 6.45) is 8.56. The molecular weight excluding hydrogens is 422 g/mol. The van der Waals surface area contributed by atoms with E-state index < -0.39 is 0 Å². The van der Waals surface area contributed by atoms with E-state index >= 15 is 0 Å². The van der Waals surface area contributed by atoms with Crippen LogP contribution in [0.1, 0.15) is 62.2 Å². The molecule has 2 aromatic carbocycles. The highest BCUT2D eigenvalue weighted by molar-refractivity contribution is 5.95. The molecule has 2 saturated heterocycles. The molecule has 34 heavy (non-hydrogen) atoms. The molecule has 5 nitrogen and oxygen atoms in total. The Morgan fingerprint density at radius 2 is 1.65 bits per heavy atom. The van der Waals surface area contributed by atoms with Gasteiger partial charge in [-0.25, -0.2) is 0 Å². The van der Waals surface area contributed by atoms with Gasteiger partial charge in [0.05, 0.1) is 0 Å². The Morgan fingerprint density at radius 3 is 2.35 bits per heavy atom. The van der Waals surface area contributed by atoms with Crippen molar-refractivity contribution in [3.63, 3.8) is 0 Å². The van der Waals surface area contributed by atoms with E-state index in [4.69, 9.17) is 4.74 Å². The molecule has 2 aromatic rings. The predicted octanol–water partition coefficient (Wildman–Crippen LogP) is 5.21. The number of likely N-dealkylation sites (tertiary alicyclic amines) is 2. The molecule has 2 fully saturated rings. The van der Waals surface area contributed by atoms with Crippen molar-refractivity contribution in [3.05, 3.63) is 54.1 Å². The van der Waals surface area contributed by atoms with Crippen molar-refractivity contribution in [3.8, 4) is 16.9 Å². The van der Waals surface area contributed by atoms with Crippen LogP contribution in [-0.4, -0.2) is 67.6 Å². The van der Waals surface area contributed by atoms with E-state index in [1.165, 1.54) is 45.2 Å². The minimum absolute atomic E-state index is 0.156. The second-order valence-electron chi connectivity index (χ2n) is 9.70. The molecule has 0 saturated carbocycles. The van der Waals surface area contributed by atoms with Crippen LogP contribution in [0.4, 0.5) is 0 Å². The van der Waals surface area contributed by atoms with Crippen molar-refractivity contribution in [2.24, 2.45) is 0 Å². The first kappa shape index (κ1) is 24.7. The zero-order valence-corrected chi connectivity index (χ0v) is 20.8. The van der Waals surface area contributed by atoms with Gasteiger partial charge in [-0.15, -0.1) is 0 Å². The van der Waals surface area contributed by atoms with Gasteiger partial charge in [0, 0.05) is 31.2 Å². The van der Waals surface area contributed by atoms with Crippen LogP contribution < -0.4 is 10.1 Å². The summed E-state index contributed by atoms with van der Waals surface area (Å²) in [6.45, 7) is 9.15. The number of nitrogens with zero attached hydrogens (tertiary/aromatic N) is 2. The highest BCUT2D eigenvalue weighted by atomic mass is 16.5. The van der Waals surface area contributed by atoms with Crippen molar-refractivity contribution >= 4 is 5.91 Å². The third-order valence-corrected chi connectivity index (χ3v) is 7.17. The molecule has 2 aliphatic rings. The van der Waals surface area contributed by atoms with E-state index in [1.54, 1.807) is 0 Å². The van der Waals surface area contributed by atoms with Crippen LogP contribution in [0.25, 0.3) is 11.1 Å². The van der Waals surface area contributed by atoms with E-state index in [2.05, 4.69) is 46.3 Å². The third-order valence-electron chi connectivity index (χ3n) is 7.17. The number of nitrogens with one attached hydrogen (secondary N) is 1. The monoisotopic (exact) mass is 463 g/mol. The quantitative estimate of drug-likeness (QED) is 0.465. The van der Waals surface area contributed by atoms with Crippen LogP contribution in [0.3, 0.4) is 0 Å². The van der Waals surface area contributed by atoms with Crippen LogP contribution in [0.5, 0.6) is 5.75 Å². The van der Waals surface area contributed by atoms with Gasteiger partial charge in [0.2, 0.25) is 0 Å². The molecule has 0 aliphatic carbocycles. The Hall–Kier alpha value is -2.37. The summed E-state index contributed by atoms with van der Waals surface area (Å²) in [5.41, 5.74) is 3.04. The lowest BCUT2D eigenvalue weighted by molar-refractivity contribution is 0.0736. The number of rotatable bonds is 11. The highest BCUT2D eigenvalue weighted by Gasteiger charge is 2.28. The number of hydrogen-bond acceptors (Lipinski definition) is 4. The first-order valence-corrected chi connectivity index (χ1v) is 13.3. The Bertz CT molecular complexity index is 875.